The largest absolute Gasteiger partial charge is 0.382 e. The Hall–Kier alpha value is -2.71. The highest BCUT2D eigenvalue weighted by Crippen LogP contribution is 2.26. The van der Waals surface area contributed by atoms with Crippen molar-refractivity contribution >= 4 is 17.7 Å². The molecule has 1 N–H and O–H groups in total. The summed E-state index contributed by atoms with van der Waals surface area (Å²) in [7, 11) is 0. The third-order valence-corrected chi connectivity index (χ3v) is 5.05. The van der Waals surface area contributed by atoms with Gasteiger partial charge in [0.1, 0.15) is 0 Å². The lowest BCUT2D eigenvalue weighted by Gasteiger charge is -2.10. The predicted molar refractivity (Wildman–Crippen MR) is 109 cm³/mol. The molecule has 2 aromatic carbocycles. The van der Waals surface area contributed by atoms with E-state index in [0.29, 0.717) is 31.1 Å². The van der Waals surface area contributed by atoms with Crippen LogP contribution in [-0.4, -0.2) is 45.9 Å². The van der Waals surface area contributed by atoms with Crippen LogP contribution in [-0.2, 0) is 10.5 Å². The topological polar surface area (TPSA) is 81.9 Å². The van der Waals surface area contributed by atoms with Crippen molar-refractivity contribution in [3.63, 3.8) is 0 Å². The summed E-state index contributed by atoms with van der Waals surface area (Å²) in [5, 5.41) is 14.9. The summed E-state index contributed by atoms with van der Waals surface area (Å²) >= 11 is 1.54. The molecule has 0 fully saturated rings. The van der Waals surface area contributed by atoms with Crippen molar-refractivity contribution < 1.29 is 9.53 Å². The van der Waals surface area contributed by atoms with Gasteiger partial charge in [-0.2, -0.15) is 4.68 Å². The van der Waals surface area contributed by atoms with Crippen molar-refractivity contribution in [1.29, 1.82) is 0 Å². The third-order valence-electron chi connectivity index (χ3n) is 3.98. The summed E-state index contributed by atoms with van der Waals surface area (Å²) in [6, 6.07) is 17.3. The van der Waals surface area contributed by atoms with Crippen LogP contribution in [0.3, 0.4) is 0 Å². The second-order valence-electron chi connectivity index (χ2n) is 5.93. The molecule has 0 unspecified atom stereocenters. The number of tetrazole rings is 1. The molecule has 3 aromatic rings. The summed E-state index contributed by atoms with van der Waals surface area (Å²) in [6.45, 7) is 3.88. The number of amides is 1. The molecule has 0 radical (unpaired) electrons. The zero-order valence-electron chi connectivity index (χ0n) is 15.7. The Morgan fingerprint density at radius 1 is 1.14 bits per heavy atom. The number of ether oxygens (including phenoxy) is 1. The highest BCUT2D eigenvalue weighted by Gasteiger charge is 2.13. The molecule has 0 saturated carbocycles. The van der Waals surface area contributed by atoms with Crippen LogP contribution in [0.25, 0.3) is 5.69 Å². The SMILES string of the molecule is CCOCCCNC(=O)c1ccccc1SCc1nnnn1-c1ccccc1. The minimum absolute atomic E-state index is 0.0813. The summed E-state index contributed by atoms with van der Waals surface area (Å²) in [5.74, 6) is 1.20. The van der Waals surface area contributed by atoms with Crippen molar-refractivity contribution in [2.75, 3.05) is 19.8 Å². The zero-order valence-corrected chi connectivity index (χ0v) is 16.6. The fourth-order valence-electron chi connectivity index (χ4n) is 2.60. The zero-order chi connectivity index (χ0) is 19.6. The molecule has 1 heterocycles. The molecule has 3 rings (SSSR count). The molecule has 0 atom stereocenters. The van der Waals surface area contributed by atoms with Crippen LogP contribution in [0.2, 0.25) is 0 Å². The van der Waals surface area contributed by atoms with E-state index >= 15 is 0 Å². The standard InChI is InChI=1S/C20H23N5O2S/c1-2-27-14-8-13-21-20(26)17-11-6-7-12-18(17)28-15-19-22-23-24-25(19)16-9-4-3-5-10-16/h3-7,9-12H,2,8,13-15H2,1H3,(H,21,26). The monoisotopic (exact) mass is 397 g/mol. The molecule has 28 heavy (non-hydrogen) atoms. The Morgan fingerprint density at radius 2 is 1.93 bits per heavy atom. The van der Waals surface area contributed by atoms with Crippen molar-refractivity contribution in [2.24, 2.45) is 0 Å². The number of nitrogens with one attached hydrogen (secondary N) is 1. The van der Waals surface area contributed by atoms with Crippen molar-refractivity contribution in [1.82, 2.24) is 25.5 Å². The van der Waals surface area contributed by atoms with E-state index < -0.39 is 0 Å². The Bertz CT molecular complexity index is 885. The highest BCUT2D eigenvalue weighted by atomic mass is 32.2. The Kier molecular flexibility index (Phi) is 7.57. The van der Waals surface area contributed by atoms with E-state index in [1.165, 1.54) is 0 Å². The van der Waals surface area contributed by atoms with Crippen LogP contribution in [0.5, 0.6) is 0 Å². The smallest absolute Gasteiger partial charge is 0.252 e. The number of hydrogen-bond donors (Lipinski definition) is 1. The first-order valence-electron chi connectivity index (χ1n) is 9.20. The van der Waals surface area contributed by atoms with Gasteiger partial charge < -0.3 is 10.1 Å². The van der Waals surface area contributed by atoms with Gasteiger partial charge in [0.25, 0.3) is 5.91 Å². The normalized spacial score (nSPS) is 10.8. The average Bonchev–Trinajstić information content (AvgIpc) is 3.21. The van der Waals surface area contributed by atoms with E-state index in [0.717, 1.165) is 22.8 Å². The lowest BCUT2D eigenvalue weighted by Crippen LogP contribution is -2.25. The van der Waals surface area contributed by atoms with Gasteiger partial charge in [-0.15, -0.1) is 16.9 Å². The maximum Gasteiger partial charge on any atom is 0.252 e. The van der Waals surface area contributed by atoms with Gasteiger partial charge in [0.05, 0.1) is 17.0 Å². The maximum absolute atomic E-state index is 12.5. The van der Waals surface area contributed by atoms with Crippen LogP contribution in [0.4, 0.5) is 0 Å². The number of aromatic nitrogens is 4. The van der Waals surface area contributed by atoms with Crippen LogP contribution in [0.15, 0.2) is 59.5 Å². The maximum atomic E-state index is 12.5. The summed E-state index contributed by atoms with van der Waals surface area (Å²) in [6.07, 6.45) is 0.792. The minimum Gasteiger partial charge on any atom is -0.382 e. The number of hydrogen-bond acceptors (Lipinski definition) is 6. The van der Waals surface area contributed by atoms with E-state index in [-0.39, 0.29) is 5.91 Å². The van der Waals surface area contributed by atoms with Crippen LogP contribution < -0.4 is 5.32 Å². The van der Waals surface area contributed by atoms with E-state index in [9.17, 15) is 4.79 Å². The molecular formula is C20H23N5O2S. The van der Waals surface area contributed by atoms with Crippen molar-refractivity contribution in [2.45, 2.75) is 24.0 Å². The van der Waals surface area contributed by atoms with E-state index in [2.05, 4.69) is 20.8 Å². The van der Waals surface area contributed by atoms with Gasteiger partial charge in [-0.05, 0) is 48.0 Å². The van der Waals surface area contributed by atoms with Gasteiger partial charge in [-0.25, -0.2) is 0 Å². The molecular weight excluding hydrogens is 374 g/mol. The third kappa shape index (κ3) is 5.40. The predicted octanol–water partition coefficient (Wildman–Crippen LogP) is 3.11. The van der Waals surface area contributed by atoms with Crippen molar-refractivity contribution in [3.8, 4) is 5.69 Å². The van der Waals surface area contributed by atoms with E-state index in [1.54, 1.807) is 16.4 Å². The quantitative estimate of drug-likeness (QED) is 0.418. The first-order chi connectivity index (χ1) is 13.8. The number of rotatable bonds is 10. The summed E-state index contributed by atoms with van der Waals surface area (Å²) in [5.41, 5.74) is 1.56. The molecule has 0 aliphatic carbocycles. The van der Waals surface area contributed by atoms with Gasteiger partial charge >= 0.3 is 0 Å². The lowest BCUT2D eigenvalue weighted by atomic mass is 10.2. The second-order valence-corrected chi connectivity index (χ2v) is 6.95. The molecule has 146 valence electrons. The number of benzene rings is 2. The molecule has 0 saturated heterocycles. The van der Waals surface area contributed by atoms with E-state index in [1.807, 2.05) is 61.5 Å². The highest BCUT2D eigenvalue weighted by molar-refractivity contribution is 7.98. The van der Waals surface area contributed by atoms with Crippen LogP contribution in [0.1, 0.15) is 29.5 Å². The number of thioether (sulfide) groups is 1. The van der Waals surface area contributed by atoms with Gasteiger partial charge in [0.2, 0.25) is 0 Å². The number of carbonyl (C=O) groups excluding carboxylic acids is 1. The summed E-state index contributed by atoms with van der Waals surface area (Å²) < 4.78 is 7.01. The molecule has 1 amide bonds. The molecule has 0 spiro atoms. The molecule has 0 aliphatic rings. The Labute approximate surface area is 168 Å². The fourth-order valence-corrected chi connectivity index (χ4v) is 3.56. The molecule has 7 nitrogen and oxygen atoms in total. The lowest BCUT2D eigenvalue weighted by molar-refractivity contribution is 0.0941. The average molecular weight is 398 g/mol. The van der Waals surface area contributed by atoms with Gasteiger partial charge in [-0.3, -0.25) is 4.79 Å². The van der Waals surface area contributed by atoms with Gasteiger partial charge in [-0.1, -0.05) is 30.3 Å². The van der Waals surface area contributed by atoms with E-state index in [4.69, 9.17) is 4.74 Å². The van der Waals surface area contributed by atoms with Crippen LogP contribution in [0, 0.1) is 0 Å². The number of carbonyl (C=O) groups is 1. The Morgan fingerprint density at radius 3 is 2.75 bits per heavy atom. The molecule has 1 aromatic heterocycles. The molecule has 8 heteroatoms. The van der Waals surface area contributed by atoms with Gasteiger partial charge in [0.15, 0.2) is 5.82 Å². The second kappa shape index (κ2) is 10.6. The Balaban J connectivity index is 1.63. The van der Waals surface area contributed by atoms with Crippen LogP contribution >= 0.6 is 11.8 Å². The molecule has 0 bridgehead atoms. The van der Waals surface area contributed by atoms with Gasteiger partial charge in [0, 0.05) is 24.7 Å². The molecule has 0 aliphatic heterocycles. The fraction of sp³-hybridized carbons (Fsp3) is 0.300. The minimum atomic E-state index is -0.0813. The first kappa shape index (κ1) is 20.0. The first-order valence-corrected chi connectivity index (χ1v) is 10.2. The number of para-hydroxylation sites is 1. The summed E-state index contributed by atoms with van der Waals surface area (Å²) in [4.78, 5) is 13.4. The number of nitrogens with zero attached hydrogens (tertiary/aromatic N) is 4. The van der Waals surface area contributed by atoms with Crippen molar-refractivity contribution in [3.05, 3.63) is 66.0 Å².